The summed E-state index contributed by atoms with van der Waals surface area (Å²) in [5.74, 6) is -0.0407. The molecule has 1 aromatic rings. The zero-order valence-electron chi connectivity index (χ0n) is 9.71. The number of imidazole rings is 1. The van der Waals surface area contributed by atoms with Gasteiger partial charge in [-0.25, -0.2) is 4.98 Å². The Morgan fingerprint density at radius 1 is 1.59 bits per heavy atom. The maximum atomic E-state index is 11.7. The molecule has 1 fully saturated rings. The summed E-state index contributed by atoms with van der Waals surface area (Å²) in [4.78, 5) is 15.7. The Kier molecular flexibility index (Phi) is 4.11. The van der Waals surface area contributed by atoms with E-state index in [1.165, 1.54) is 0 Å². The van der Waals surface area contributed by atoms with Crippen LogP contribution in [0.5, 0.6) is 0 Å². The van der Waals surface area contributed by atoms with E-state index in [4.69, 9.17) is 10.5 Å². The Morgan fingerprint density at radius 2 is 2.47 bits per heavy atom. The monoisotopic (exact) mass is 238 g/mol. The second kappa shape index (κ2) is 5.79. The van der Waals surface area contributed by atoms with Gasteiger partial charge in [0.1, 0.15) is 6.10 Å². The van der Waals surface area contributed by atoms with Crippen molar-refractivity contribution >= 4 is 5.91 Å². The second-order valence-corrected chi connectivity index (χ2v) is 4.15. The van der Waals surface area contributed by atoms with Crippen LogP contribution < -0.4 is 11.1 Å². The lowest BCUT2D eigenvalue weighted by Crippen LogP contribution is -2.37. The number of carbonyl (C=O) groups excluding carboxylic acids is 1. The van der Waals surface area contributed by atoms with Gasteiger partial charge < -0.3 is 20.4 Å². The molecule has 2 atom stereocenters. The Balaban J connectivity index is 1.67. The van der Waals surface area contributed by atoms with Crippen LogP contribution in [0, 0.1) is 0 Å². The molecule has 1 saturated heterocycles. The molecule has 0 aromatic carbocycles. The minimum atomic E-state index is -0.327. The van der Waals surface area contributed by atoms with Gasteiger partial charge in [-0.05, 0) is 12.8 Å². The van der Waals surface area contributed by atoms with Gasteiger partial charge >= 0.3 is 0 Å². The third-order valence-electron chi connectivity index (χ3n) is 2.89. The van der Waals surface area contributed by atoms with Crippen LogP contribution in [0.2, 0.25) is 0 Å². The lowest BCUT2D eigenvalue weighted by molar-refractivity contribution is -0.131. The number of ether oxygens (including phenoxy) is 1. The summed E-state index contributed by atoms with van der Waals surface area (Å²) in [6.07, 6.45) is 6.65. The van der Waals surface area contributed by atoms with E-state index >= 15 is 0 Å². The Hall–Kier alpha value is -1.40. The summed E-state index contributed by atoms with van der Waals surface area (Å²) in [6, 6.07) is 0. The number of aromatic nitrogens is 2. The van der Waals surface area contributed by atoms with E-state index in [9.17, 15) is 4.79 Å². The summed E-state index contributed by atoms with van der Waals surface area (Å²) < 4.78 is 7.42. The van der Waals surface area contributed by atoms with Crippen molar-refractivity contribution in [1.29, 1.82) is 0 Å². The van der Waals surface area contributed by atoms with Crippen molar-refractivity contribution in [2.75, 3.05) is 13.1 Å². The van der Waals surface area contributed by atoms with Crippen LogP contribution in [0.4, 0.5) is 0 Å². The van der Waals surface area contributed by atoms with Crippen LogP contribution in [-0.4, -0.2) is 40.8 Å². The fraction of sp³-hybridized carbons (Fsp3) is 0.636. The molecule has 0 spiro atoms. The predicted octanol–water partition coefficient (Wildman–Crippen LogP) is -0.494. The van der Waals surface area contributed by atoms with Crippen LogP contribution in [0.1, 0.15) is 12.8 Å². The Morgan fingerprint density at radius 3 is 3.12 bits per heavy atom. The molecule has 2 unspecified atom stereocenters. The van der Waals surface area contributed by atoms with Gasteiger partial charge in [0.15, 0.2) is 0 Å². The molecule has 2 heterocycles. The number of nitrogens with one attached hydrogen (secondary N) is 1. The van der Waals surface area contributed by atoms with E-state index in [-0.39, 0.29) is 18.1 Å². The van der Waals surface area contributed by atoms with E-state index in [0.717, 1.165) is 19.4 Å². The molecule has 0 bridgehead atoms. The highest BCUT2D eigenvalue weighted by Gasteiger charge is 2.29. The van der Waals surface area contributed by atoms with Gasteiger partial charge in [-0.3, -0.25) is 4.79 Å². The van der Waals surface area contributed by atoms with Crippen molar-refractivity contribution < 1.29 is 9.53 Å². The molecule has 6 nitrogen and oxygen atoms in total. The fourth-order valence-electron chi connectivity index (χ4n) is 1.91. The van der Waals surface area contributed by atoms with E-state index in [0.29, 0.717) is 13.1 Å². The van der Waals surface area contributed by atoms with Crippen LogP contribution in [0.3, 0.4) is 0 Å². The zero-order valence-corrected chi connectivity index (χ0v) is 9.71. The molecule has 3 N–H and O–H groups in total. The largest absolute Gasteiger partial charge is 0.364 e. The quantitative estimate of drug-likeness (QED) is 0.725. The fourth-order valence-corrected chi connectivity index (χ4v) is 1.91. The molecule has 0 radical (unpaired) electrons. The van der Waals surface area contributed by atoms with Crippen molar-refractivity contribution in [1.82, 2.24) is 14.9 Å². The number of hydrogen-bond donors (Lipinski definition) is 2. The van der Waals surface area contributed by atoms with Crippen LogP contribution >= 0.6 is 0 Å². The highest BCUT2D eigenvalue weighted by Crippen LogP contribution is 2.18. The first-order valence-corrected chi connectivity index (χ1v) is 5.88. The van der Waals surface area contributed by atoms with E-state index < -0.39 is 0 Å². The molecule has 94 valence electrons. The molecule has 0 aliphatic carbocycles. The maximum Gasteiger partial charge on any atom is 0.249 e. The second-order valence-electron chi connectivity index (χ2n) is 4.15. The molecule has 6 heteroatoms. The van der Waals surface area contributed by atoms with Crippen molar-refractivity contribution in [2.45, 2.75) is 31.6 Å². The number of nitrogens with two attached hydrogens (primary N) is 1. The lowest BCUT2D eigenvalue weighted by Gasteiger charge is -2.12. The van der Waals surface area contributed by atoms with E-state index in [1.807, 2.05) is 10.8 Å². The highest BCUT2D eigenvalue weighted by atomic mass is 16.5. The molecule has 1 aliphatic rings. The smallest absolute Gasteiger partial charge is 0.249 e. The van der Waals surface area contributed by atoms with Gasteiger partial charge in [0.2, 0.25) is 5.91 Å². The van der Waals surface area contributed by atoms with Gasteiger partial charge in [0, 0.05) is 32.0 Å². The SMILES string of the molecule is NCC1CCC(C(=O)NCCn2ccnc2)O1. The van der Waals surface area contributed by atoms with E-state index in [2.05, 4.69) is 10.3 Å². The van der Waals surface area contributed by atoms with Crippen LogP contribution in [-0.2, 0) is 16.1 Å². The Labute approximate surface area is 100 Å². The van der Waals surface area contributed by atoms with Crippen molar-refractivity contribution in [2.24, 2.45) is 5.73 Å². The topological polar surface area (TPSA) is 82.2 Å². The summed E-state index contributed by atoms with van der Waals surface area (Å²) in [7, 11) is 0. The van der Waals surface area contributed by atoms with Gasteiger partial charge in [0.05, 0.1) is 12.4 Å². The van der Waals surface area contributed by atoms with Crippen molar-refractivity contribution in [3.8, 4) is 0 Å². The molecule has 1 amide bonds. The molecule has 1 aliphatic heterocycles. The number of nitrogens with zero attached hydrogens (tertiary/aromatic N) is 2. The summed E-state index contributed by atoms with van der Waals surface area (Å²) >= 11 is 0. The molecule has 1 aromatic heterocycles. The summed E-state index contributed by atoms with van der Waals surface area (Å²) in [5.41, 5.74) is 5.49. The summed E-state index contributed by atoms with van der Waals surface area (Å²) in [6.45, 7) is 1.79. The normalized spacial score (nSPS) is 23.8. The number of rotatable bonds is 5. The number of carbonyl (C=O) groups is 1. The molecule has 0 saturated carbocycles. The number of amides is 1. The van der Waals surface area contributed by atoms with Crippen LogP contribution in [0.15, 0.2) is 18.7 Å². The summed E-state index contributed by atoms with van der Waals surface area (Å²) in [5, 5.41) is 2.85. The highest BCUT2D eigenvalue weighted by molar-refractivity contribution is 5.80. The molecule has 17 heavy (non-hydrogen) atoms. The van der Waals surface area contributed by atoms with Crippen LogP contribution in [0.25, 0.3) is 0 Å². The standard InChI is InChI=1S/C11H18N4O2/c12-7-9-1-2-10(17-9)11(16)14-4-6-15-5-3-13-8-15/h3,5,8-10H,1-2,4,6-7,12H2,(H,14,16). The molecular formula is C11H18N4O2. The van der Waals surface area contributed by atoms with Gasteiger partial charge in [0.25, 0.3) is 0 Å². The van der Waals surface area contributed by atoms with Gasteiger partial charge in [-0.15, -0.1) is 0 Å². The Bertz CT molecular complexity index is 352. The molecule has 2 rings (SSSR count). The molecular weight excluding hydrogens is 220 g/mol. The third kappa shape index (κ3) is 3.28. The van der Waals surface area contributed by atoms with Gasteiger partial charge in [-0.2, -0.15) is 0 Å². The number of hydrogen-bond acceptors (Lipinski definition) is 4. The third-order valence-corrected chi connectivity index (χ3v) is 2.89. The van der Waals surface area contributed by atoms with Gasteiger partial charge in [-0.1, -0.05) is 0 Å². The minimum Gasteiger partial charge on any atom is -0.364 e. The maximum absolute atomic E-state index is 11.7. The first-order chi connectivity index (χ1) is 8.29. The van der Waals surface area contributed by atoms with Crippen molar-refractivity contribution in [3.05, 3.63) is 18.7 Å². The van der Waals surface area contributed by atoms with E-state index in [1.54, 1.807) is 12.5 Å². The minimum absolute atomic E-state index is 0.0407. The predicted molar refractivity (Wildman–Crippen MR) is 62.2 cm³/mol. The lowest BCUT2D eigenvalue weighted by atomic mass is 10.2. The average Bonchev–Trinajstić information content (AvgIpc) is 2.99. The average molecular weight is 238 g/mol. The first-order valence-electron chi connectivity index (χ1n) is 5.88. The van der Waals surface area contributed by atoms with Crippen molar-refractivity contribution in [3.63, 3.8) is 0 Å². The first kappa shape index (κ1) is 12.1. The zero-order chi connectivity index (χ0) is 12.1.